The average Bonchev–Trinajstić information content (AvgIpc) is 2.76. The number of nitriles is 1. The molecule has 2 atom stereocenters. The normalized spacial score (nSPS) is 16.1. The van der Waals surface area contributed by atoms with Crippen LogP contribution in [0.4, 0.5) is 0 Å². The van der Waals surface area contributed by atoms with E-state index in [1.807, 2.05) is 18.2 Å². The quantitative estimate of drug-likeness (QED) is 0.704. The zero-order valence-corrected chi connectivity index (χ0v) is 16.6. The van der Waals surface area contributed by atoms with Crippen LogP contribution in [-0.4, -0.2) is 36.5 Å². The number of aryl methyl sites for hydroxylation is 1. The second-order valence-corrected chi connectivity index (χ2v) is 7.12. The highest BCUT2D eigenvalue weighted by atomic mass is 16.6. The van der Waals surface area contributed by atoms with Gasteiger partial charge < -0.3 is 14.4 Å². The van der Waals surface area contributed by atoms with Crippen LogP contribution in [0, 0.1) is 11.3 Å². The SMILES string of the molecule is C[C@H](Oc1ccc(C#N)cc1)C(=O)OCC(=O)N(C)[C@H]1CCCc2ccccc21. The summed E-state index contributed by atoms with van der Waals surface area (Å²) in [4.78, 5) is 26.5. The Labute approximate surface area is 170 Å². The van der Waals surface area contributed by atoms with Crippen molar-refractivity contribution in [2.24, 2.45) is 0 Å². The first-order valence-corrected chi connectivity index (χ1v) is 9.66. The molecule has 0 bridgehead atoms. The van der Waals surface area contributed by atoms with Crippen molar-refractivity contribution in [3.63, 3.8) is 0 Å². The maximum absolute atomic E-state index is 12.6. The standard InChI is InChI=1S/C23H24N2O4/c1-16(29-19-12-10-17(14-24)11-13-19)23(27)28-15-22(26)25(2)21-9-5-7-18-6-3-4-8-20(18)21/h3-4,6,8,10-13,16,21H,5,7,9,15H2,1-2H3/t16-,21-/m0/s1. The molecule has 6 heteroatoms. The van der Waals surface area contributed by atoms with Gasteiger partial charge in [-0.1, -0.05) is 24.3 Å². The van der Waals surface area contributed by atoms with Gasteiger partial charge in [-0.3, -0.25) is 4.79 Å². The van der Waals surface area contributed by atoms with Gasteiger partial charge in [0.05, 0.1) is 17.7 Å². The van der Waals surface area contributed by atoms with Crippen LogP contribution in [0.15, 0.2) is 48.5 Å². The number of carbonyl (C=O) groups is 2. The maximum atomic E-state index is 12.6. The van der Waals surface area contributed by atoms with E-state index in [0.717, 1.165) is 19.3 Å². The molecule has 0 fully saturated rings. The van der Waals surface area contributed by atoms with Gasteiger partial charge in [-0.25, -0.2) is 4.79 Å². The van der Waals surface area contributed by atoms with Gasteiger partial charge in [0.2, 0.25) is 0 Å². The monoisotopic (exact) mass is 392 g/mol. The van der Waals surface area contributed by atoms with Crippen molar-refractivity contribution in [3.05, 3.63) is 65.2 Å². The van der Waals surface area contributed by atoms with Gasteiger partial charge in [-0.2, -0.15) is 5.26 Å². The molecule has 3 rings (SSSR count). The fraction of sp³-hybridized carbons (Fsp3) is 0.348. The lowest BCUT2D eigenvalue weighted by molar-refractivity contribution is -0.157. The summed E-state index contributed by atoms with van der Waals surface area (Å²) in [6.45, 7) is 1.24. The van der Waals surface area contributed by atoms with E-state index in [-0.39, 0.29) is 18.6 Å². The average molecular weight is 392 g/mol. The van der Waals surface area contributed by atoms with Crippen molar-refractivity contribution in [2.75, 3.05) is 13.7 Å². The van der Waals surface area contributed by atoms with Crippen molar-refractivity contribution in [1.29, 1.82) is 5.26 Å². The molecular formula is C23H24N2O4. The highest BCUT2D eigenvalue weighted by Gasteiger charge is 2.27. The Balaban J connectivity index is 1.53. The lowest BCUT2D eigenvalue weighted by Gasteiger charge is -2.33. The van der Waals surface area contributed by atoms with Crippen LogP contribution in [0.25, 0.3) is 0 Å². The first-order valence-electron chi connectivity index (χ1n) is 9.66. The van der Waals surface area contributed by atoms with Crippen molar-refractivity contribution in [1.82, 2.24) is 4.90 Å². The Morgan fingerprint density at radius 1 is 1.21 bits per heavy atom. The molecule has 1 aliphatic carbocycles. The highest BCUT2D eigenvalue weighted by molar-refractivity contribution is 5.82. The van der Waals surface area contributed by atoms with Crippen molar-refractivity contribution in [2.45, 2.75) is 38.3 Å². The lowest BCUT2D eigenvalue weighted by atomic mass is 9.87. The molecule has 0 unspecified atom stereocenters. The Kier molecular flexibility index (Phi) is 6.50. The van der Waals surface area contributed by atoms with Crippen LogP contribution in [-0.2, 0) is 20.7 Å². The largest absolute Gasteiger partial charge is 0.479 e. The van der Waals surface area contributed by atoms with E-state index in [1.165, 1.54) is 11.1 Å². The fourth-order valence-electron chi connectivity index (χ4n) is 3.52. The molecule has 1 aliphatic rings. The van der Waals surface area contributed by atoms with Gasteiger partial charge in [-0.05, 0) is 61.6 Å². The molecule has 0 radical (unpaired) electrons. The van der Waals surface area contributed by atoms with E-state index in [1.54, 1.807) is 43.1 Å². The summed E-state index contributed by atoms with van der Waals surface area (Å²) in [5, 5.41) is 8.81. The summed E-state index contributed by atoms with van der Waals surface area (Å²) >= 11 is 0. The summed E-state index contributed by atoms with van der Waals surface area (Å²) in [7, 11) is 1.75. The maximum Gasteiger partial charge on any atom is 0.347 e. The molecule has 0 saturated heterocycles. The topological polar surface area (TPSA) is 79.6 Å². The smallest absolute Gasteiger partial charge is 0.347 e. The van der Waals surface area contributed by atoms with Crippen LogP contribution >= 0.6 is 0 Å². The number of ether oxygens (including phenoxy) is 2. The van der Waals surface area contributed by atoms with Crippen LogP contribution < -0.4 is 4.74 Å². The van der Waals surface area contributed by atoms with E-state index in [0.29, 0.717) is 11.3 Å². The van der Waals surface area contributed by atoms with Gasteiger partial charge >= 0.3 is 5.97 Å². The third kappa shape index (κ3) is 4.94. The first kappa shape index (κ1) is 20.4. The molecule has 0 aliphatic heterocycles. The van der Waals surface area contributed by atoms with E-state index < -0.39 is 12.1 Å². The summed E-state index contributed by atoms with van der Waals surface area (Å²) in [5.41, 5.74) is 2.94. The number of benzene rings is 2. The highest BCUT2D eigenvalue weighted by Crippen LogP contribution is 2.33. The van der Waals surface area contributed by atoms with Gasteiger partial charge in [-0.15, -0.1) is 0 Å². The predicted octanol–water partition coefficient (Wildman–Crippen LogP) is 3.40. The van der Waals surface area contributed by atoms with Gasteiger partial charge in [0.1, 0.15) is 5.75 Å². The summed E-state index contributed by atoms with van der Waals surface area (Å²) in [5.74, 6) is -0.401. The Hall–Kier alpha value is -3.33. The molecule has 1 amide bonds. The number of amides is 1. The third-order valence-corrected chi connectivity index (χ3v) is 5.16. The number of hydrogen-bond acceptors (Lipinski definition) is 5. The molecular weight excluding hydrogens is 368 g/mol. The number of nitrogens with zero attached hydrogens (tertiary/aromatic N) is 2. The molecule has 29 heavy (non-hydrogen) atoms. The molecule has 0 saturated carbocycles. The fourth-order valence-corrected chi connectivity index (χ4v) is 3.52. The van der Waals surface area contributed by atoms with Crippen molar-refractivity contribution in [3.8, 4) is 11.8 Å². The lowest BCUT2D eigenvalue weighted by Crippen LogP contribution is -2.37. The molecule has 2 aromatic carbocycles. The molecule has 2 aromatic rings. The number of rotatable bonds is 6. The van der Waals surface area contributed by atoms with Crippen LogP contribution in [0.1, 0.15) is 42.5 Å². The van der Waals surface area contributed by atoms with Crippen LogP contribution in [0.5, 0.6) is 5.75 Å². The number of fused-ring (bicyclic) bond motifs is 1. The van der Waals surface area contributed by atoms with Crippen LogP contribution in [0.3, 0.4) is 0 Å². The van der Waals surface area contributed by atoms with Gasteiger partial charge in [0.15, 0.2) is 12.7 Å². The number of esters is 1. The number of carbonyl (C=O) groups excluding carboxylic acids is 2. The zero-order chi connectivity index (χ0) is 20.8. The minimum atomic E-state index is -0.864. The summed E-state index contributed by atoms with van der Waals surface area (Å²) in [6.07, 6.45) is 2.07. The second kappa shape index (κ2) is 9.24. The minimum absolute atomic E-state index is 0.00141. The molecule has 0 aromatic heterocycles. The zero-order valence-electron chi connectivity index (χ0n) is 16.6. The summed E-state index contributed by atoms with van der Waals surface area (Å²) < 4.78 is 10.7. The van der Waals surface area contributed by atoms with Gasteiger partial charge in [0, 0.05) is 7.05 Å². The van der Waals surface area contributed by atoms with Crippen molar-refractivity contribution >= 4 is 11.9 Å². The first-order chi connectivity index (χ1) is 14.0. The minimum Gasteiger partial charge on any atom is -0.479 e. The molecule has 0 spiro atoms. The van der Waals surface area contributed by atoms with Gasteiger partial charge in [0.25, 0.3) is 5.91 Å². The second-order valence-electron chi connectivity index (χ2n) is 7.12. The third-order valence-electron chi connectivity index (χ3n) is 5.16. The predicted molar refractivity (Wildman–Crippen MR) is 107 cm³/mol. The molecule has 0 heterocycles. The summed E-state index contributed by atoms with van der Waals surface area (Å²) in [6, 6.07) is 16.6. The van der Waals surface area contributed by atoms with Crippen molar-refractivity contribution < 1.29 is 19.1 Å². The van der Waals surface area contributed by atoms with Crippen LogP contribution in [0.2, 0.25) is 0 Å². The molecule has 6 nitrogen and oxygen atoms in total. The van der Waals surface area contributed by atoms with E-state index in [9.17, 15) is 9.59 Å². The van der Waals surface area contributed by atoms with E-state index in [4.69, 9.17) is 14.7 Å². The van der Waals surface area contributed by atoms with E-state index >= 15 is 0 Å². The number of hydrogen-bond donors (Lipinski definition) is 0. The van der Waals surface area contributed by atoms with E-state index in [2.05, 4.69) is 12.1 Å². The number of likely N-dealkylation sites (N-methyl/N-ethyl adjacent to an activating group) is 1. The Bertz CT molecular complexity index is 917. The Morgan fingerprint density at radius 2 is 1.93 bits per heavy atom. The molecule has 150 valence electrons. The Morgan fingerprint density at radius 3 is 2.66 bits per heavy atom. The molecule has 0 N–H and O–H groups in total.